The second-order valence-electron chi connectivity index (χ2n) is 18.4. The minimum Gasteiger partial charge on any atom is -0.330 e. The maximum atomic E-state index is 14.9. The summed E-state index contributed by atoms with van der Waals surface area (Å²) in [5.41, 5.74) is 36.2. The van der Waals surface area contributed by atoms with Crippen molar-refractivity contribution in [3.8, 4) is 0 Å². The van der Waals surface area contributed by atoms with Gasteiger partial charge in [-0.05, 0) is 76.9 Å². The van der Waals surface area contributed by atoms with Crippen LogP contribution in [0.4, 0.5) is 0 Å². The number of unbranched alkanes of at least 4 members (excludes halogenated alkanes) is 24. The Bertz CT molecular complexity index is 1060. The third-order valence-corrected chi connectivity index (χ3v) is 13.0. The lowest BCUT2D eigenvalue weighted by Gasteiger charge is -2.34. The number of ketones is 2. The second-order valence-corrected chi connectivity index (χ2v) is 18.4. The molecule has 0 aromatic carbocycles. The molecule has 0 saturated heterocycles. The number of rotatable bonds is 46. The Morgan fingerprint density at radius 3 is 1.20 bits per heavy atom. The molecule has 0 rings (SSSR count). The van der Waals surface area contributed by atoms with Crippen LogP contribution in [0.15, 0.2) is 0 Å². The monoisotopic (exact) mass is 864 g/mol. The minimum atomic E-state index is -1.62. The van der Waals surface area contributed by atoms with Crippen LogP contribution in [0.2, 0.25) is 0 Å². The molecule has 0 bridgehead atoms. The van der Waals surface area contributed by atoms with Crippen LogP contribution in [0.5, 0.6) is 0 Å². The molecular formula is C50H101N7O4. The predicted octanol–water partition coefficient (Wildman–Crippen LogP) is 9.12. The molecule has 0 heterocycles. The Kier molecular flexibility index (Phi) is 41.0. The van der Waals surface area contributed by atoms with Crippen LogP contribution in [0.25, 0.3) is 0 Å². The highest BCUT2D eigenvalue weighted by Gasteiger charge is 2.40. The number of nitrogens with zero attached hydrogens (tertiary/aromatic N) is 1. The number of amides is 2. The first-order valence-electron chi connectivity index (χ1n) is 25.9. The Morgan fingerprint density at radius 2 is 0.787 bits per heavy atom. The lowest BCUT2D eigenvalue weighted by Crippen LogP contribution is -2.57. The normalized spacial score (nSPS) is 14.1. The minimum absolute atomic E-state index is 0.0192. The molecule has 360 valence electrons. The molecule has 0 aliphatic carbocycles. The van der Waals surface area contributed by atoms with Crippen LogP contribution in [0.1, 0.15) is 232 Å². The van der Waals surface area contributed by atoms with Gasteiger partial charge >= 0.3 is 0 Å². The summed E-state index contributed by atoms with van der Waals surface area (Å²) in [4.78, 5) is 57.2. The molecular weight excluding hydrogens is 763 g/mol. The first kappa shape index (κ1) is 59.2. The lowest BCUT2D eigenvalue weighted by molar-refractivity contribution is -0.152. The third-order valence-electron chi connectivity index (χ3n) is 13.0. The first-order valence-corrected chi connectivity index (χ1v) is 25.9. The van der Waals surface area contributed by atoms with E-state index in [2.05, 4.69) is 13.8 Å². The zero-order chi connectivity index (χ0) is 45.4. The highest BCUT2D eigenvalue weighted by Crippen LogP contribution is 2.31. The predicted molar refractivity (Wildman–Crippen MR) is 258 cm³/mol. The number of hydrogen-bond acceptors (Lipinski definition) is 10. The van der Waals surface area contributed by atoms with Crippen molar-refractivity contribution in [3.05, 3.63) is 0 Å². The summed E-state index contributed by atoms with van der Waals surface area (Å²) < 4.78 is 0. The van der Waals surface area contributed by atoms with Gasteiger partial charge in [0.15, 0.2) is 11.6 Å². The van der Waals surface area contributed by atoms with E-state index in [1.165, 1.54) is 122 Å². The van der Waals surface area contributed by atoms with Crippen molar-refractivity contribution < 1.29 is 19.2 Å². The molecule has 0 spiro atoms. The molecule has 0 aromatic rings. The van der Waals surface area contributed by atoms with Gasteiger partial charge in [-0.3, -0.25) is 24.1 Å². The SMILES string of the molecule is CCCCCCCCCCCCCCCCC(CN(C(=O)C(N)C(=O)C(N)CCCN)C(=O)C(CCCN)C(CCCN)CCCCCCCCCCCCCC)C(=O)CN. The van der Waals surface area contributed by atoms with E-state index < -0.39 is 35.6 Å². The van der Waals surface area contributed by atoms with Crippen LogP contribution in [0.3, 0.4) is 0 Å². The third kappa shape index (κ3) is 30.1. The second kappa shape index (κ2) is 42.2. The molecule has 5 unspecified atom stereocenters. The summed E-state index contributed by atoms with van der Waals surface area (Å²) in [6.45, 7) is 5.43. The van der Waals surface area contributed by atoms with Crippen LogP contribution in [-0.4, -0.2) is 73.1 Å². The maximum absolute atomic E-state index is 14.9. The fourth-order valence-corrected chi connectivity index (χ4v) is 8.89. The van der Waals surface area contributed by atoms with Crippen molar-refractivity contribution in [2.75, 3.05) is 32.7 Å². The number of carbonyl (C=O) groups is 4. The molecule has 0 aliphatic rings. The fourth-order valence-electron chi connectivity index (χ4n) is 8.89. The quantitative estimate of drug-likeness (QED) is 0.0251. The van der Waals surface area contributed by atoms with Crippen LogP contribution in [-0.2, 0) is 19.2 Å². The molecule has 5 atom stereocenters. The van der Waals surface area contributed by atoms with Crippen molar-refractivity contribution in [2.24, 2.45) is 52.2 Å². The summed E-state index contributed by atoms with van der Waals surface area (Å²) in [5.74, 6) is -3.18. The molecule has 0 saturated carbocycles. The Labute approximate surface area is 375 Å². The molecule has 0 fully saturated rings. The first-order chi connectivity index (χ1) is 29.6. The van der Waals surface area contributed by atoms with Crippen LogP contribution < -0.4 is 34.4 Å². The highest BCUT2D eigenvalue weighted by atomic mass is 16.2. The standard InChI is InChI=1S/C50H101N7O4/c1-3-5-7-9-11-13-15-17-18-20-22-24-26-28-33-43(46(58)40-54)41-57(50(61)47(56)48(59)45(55)36-31-39-53)49(60)44(35-30-38-52)42(34-29-37-51)32-27-25-23-21-19-16-14-12-10-8-6-4-2/h42-45,47H,3-41,51-56H2,1-2H3. The van der Waals surface area contributed by atoms with E-state index in [-0.39, 0.29) is 37.1 Å². The van der Waals surface area contributed by atoms with Gasteiger partial charge in [-0.25, -0.2) is 0 Å². The van der Waals surface area contributed by atoms with Crippen LogP contribution in [0, 0.1) is 17.8 Å². The average molecular weight is 864 g/mol. The summed E-state index contributed by atoms with van der Waals surface area (Å²) in [5, 5.41) is 0. The largest absolute Gasteiger partial charge is 0.330 e. The number of Topliss-reactive ketones (excluding diaryl/α,β-unsaturated/α-hetero) is 2. The van der Waals surface area contributed by atoms with E-state index in [9.17, 15) is 19.2 Å². The van der Waals surface area contributed by atoms with Gasteiger partial charge < -0.3 is 34.4 Å². The zero-order valence-corrected chi connectivity index (χ0v) is 40.0. The van der Waals surface area contributed by atoms with Crippen molar-refractivity contribution in [1.82, 2.24) is 4.90 Å². The van der Waals surface area contributed by atoms with Gasteiger partial charge in [-0.15, -0.1) is 0 Å². The summed E-state index contributed by atoms with van der Waals surface area (Å²) >= 11 is 0. The Morgan fingerprint density at radius 1 is 0.426 bits per heavy atom. The molecule has 61 heavy (non-hydrogen) atoms. The Balaban J connectivity index is 5.84. The summed E-state index contributed by atoms with van der Waals surface area (Å²) in [7, 11) is 0. The Hall–Kier alpha value is -1.76. The smallest absolute Gasteiger partial charge is 0.253 e. The fraction of sp³-hybridized carbons (Fsp3) is 0.920. The van der Waals surface area contributed by atoms with Crippen molar-refractivity contribution >= 4 is 23.4 Å². The maximum Gasteiger partial charge on any atom is 0.253 e. The number of carbonyl (C=O) groups excluding carboxylic acids is 4. The molecule has 11 heteroatoms. The van der Waals surface area contributed by atoms with Gasteiger partial charge in [-0.1, -0.05) is 181 Å². The van der Waals surface area contributed by atoms with Crippen LogP contribution >= 0.6 is 0 Å². The number of hydrogen-bond donors (Lipinski definition) is 6. The lowest BCUT2D eigenvalue weighted by atomic mass is 9.80. The molecule has 0 aliphatic heterocycles. The van der Waals surface area contributed by atoms with E-state index in [4.69, 9.17) is 34.4 Å². The van der Waals surface area contributed by atoms with E-state index in [1.807, 2.05) is 0 Å². The summed E-state index contributed by atoms with van der Waals surface area (Å²) in [6.07, 6.45) is 36.8. The van der Waals surface area contributed by atoms with E-state index >= 15 is 0 Å². The van der Waals surface area contributed by atoms with Gasteiger partial charge in [0.2, 0.25) is 5.91 Å². The average Bonchev–Trinajstić information content (AvgIpc) is 3.27. The van der Waals surface area contributed by atoms with E-state index in [0.29, 0.717) is 45.3 Å². The molecule has 0 radical (unpaired) electrons. The van der Waals surface area contributed by atoms with E-state index in [0.717, 1.165) is 69.1 Å². The van der Waals surface area contributed by atoms with Gasteiger partial charge in [0.25, 0.3) is 5.91 Å². The van der Waals surface area contributed by atoms with E-state index in [1.54, 1.807) is 0 Å². The molecule has 0 aromatic heterocycles. The molecule has 2 amide bonds. The van der Waals surface area contributed by atoms with Gasteiger partial charge in [0.1, 0.15) is 6.04 Å². The zero-order valence-electron chi connectivity index (χ0n) is 40.0. The van der Waals surface area contributed by atoms with Crippen molar-refractivity contribution in [1.29, 1.82) is 0 Å². The molecule has 12 N–H and O–H groups in total. The number of nitrogens with two attached hydrogens (primary N) is 6. The van der Waals surface area contributed by atoms with Gasteiger partial charge in [0.05, 0.1) is 12.6 Å². The summed E-state index contributed by atoms with van der Waals surface area (Å²) in [6, 6.07) is -2.60. The topological polar surface area (TPSA) is 228 Å². The van der Waals surface area contributed by atoms with Gasteiger partial charge in [0, 0.05) is 18.4 Å². The van der Waals surface area contributed by atoms with Crippen molar-refractivity contribution in [2.45, 2.75) is 244 Å². The number of imide groups is 1. The van der Waals surface area contributed by atoms with Crippen molar-refractivity contribution in [3.63, 3.8) is 0 Å². The van der Waals surface area contributed by atoms with Gasteiger partial charge in [-0.2, -0.15) is 0 Å². The highest BCUT2D eigenvalue weighted by molar-refractivity contribution is 6.12. The molecule has 11 nitrogen and oxygen atoms in total.